The molecule has 1 aliphatic carbocycles. The second-order valence-electron chi connectivity index (χ2n) is 5.53. The molecule has 4 atom stereocenters. The molecule has 0 saturated heterocycles. The van der Waals surface area contributed by atoms with Crippen molar-refractivity contribution in [1.29, 1.82) is 0 Å². The van der Waals surface area contributed by atoms with Gasteiger partial charge in [0.15, 0.2) is 0 Å². The largest absolute Gasteiger partial charge is 0.394 e. The van der Waals surface area contributed by atoms with Crippen molar-refractivity contribution in [2.24, 2.45) is 17.8 Å². The fourth-order valence-electron chi connectivity index (χ4n) is 2.59. The van der Waals surface area contributed by atoms with Gasteiger partial charge in [-0.05, 0) is 30.6 Å². The van der Waals surface area contributed by atoms with Crippen LogP contribution in [0.4, 0.5) is 0 Å². The zero-order chi connectivity index (χ0) is 12.1. The Bertz CT molecular complexity index is 194. The minimum Gasteiger partial charge on any atom is -0.394 e. The molecule has 0 aromatic heterocycles. The van der Waals surface area contributed by atoms with Crippen molar-refractivity contribution in [3.63, 3.8) is 0 Å². The van der Waals surface area contributed by atoms with E-state index in [1.165, 1.54) is 12.8 Å². The van der Waals surface area contributed by atoms with Gasteiger partial charge in [-0.25, -0.2) is 0 Å². The van der Waals surface area contributed by atoms with Gasteiger partial charge in [0.25, 0.3) is 0 Å². The Kier molecular flexibility index (Phi) is 5.73. The molecular formula is C13H26O3. The maximum absolute atomic E-state index is 9.30. The maximum Gasteiger partial charge on any atom is 0.100 e. The van der Waals surface area contributed by atoms with E-state index < -0.39 is 6.10 Å². The molecule has 1 aliphatic rings. The van der Waals surface area contributed by atoms with Crippen LogP contribution in [-0.4, -0.2) is 35.6 Å². The van der Waals surface area contributed by atoms with Crippen molar-refractivity contribution >= 4 is 0 Å². The van der Waals surface area contributed by atoms with Crippen LogP contribution in [0.2, 0.25) is 0 Å². The SMILES string of the molecule is CC(C)[C@H]1CC[C@@H](C)C[C@H]1OC[C@H](O)CO. The van der Waals surface area contributed by atoms with Crippen LogP contribution in [-0.2, 0) is 4.74 Å². The zero-order valence-corrected chi connectivity index (χ0v) is 10.7. The van der Waals surface area contributed by atoms with Crippen LogP contribution in [0.1, 0.15) is 40.0 Å². The zero-order valence-electron chi connectivity index (χ0n) is 10.7. The molecule has 0 amide bonds. The van der Waals surface area contributed by atoms with E-state index in [9.17, 15) is 5.11 Å². The van der Waals surface area contributed by atoms with Crippen molar-refractivity contribution in [2.45, 2.75) is 52.2 Å². The second kappa shape index (κ2) is 6.58. The summed E-state index contributed by atoms with van der Waals surface area (Å²) in [5.74, 6) is 1.94. The Morgan fingerprint density at radius 3 is 2.56 bits per heavy atom. The van der Waals surface area contributed by atoms with Crippen LogP contribution in [0.15, 0.2) is 0 Å². The first-order valence-corrected chi connectivity index (χ1v) is 6.45. The van der Waals surface area contributed by atoms with Gasteiger partial charge >= 0.3 is 0 Å². The normalized spacial score (nSPS) is 33.0. The van der Waals surface area contributed by atoms with Crippen LogP contribution >= 0.6 is 0 Å². The minimum absolute atomic E-state index is 0.214. The number of ether oxygens (including phenoxy) is 1. The Morgan fingerprint density at radius 1 is 1.31 bits per heavy atom. The molecule has 1 rings (SSSR count). The third-order valence-electron chi connectivity index (χ3n) is 3.67. The number of hydrogen-bond acceptors (Lipinski definition) is 3. The van der Waals surface area contributed by atoms with E-state index in [-0.39, 0.29) is 19.3 Å². The summed E-state index contributed by atoms with van der Waals surface area (Å²) in [6.07, 6.45) is 3.11. The summed E-state index contributed by atoms with van der Waals surface area (Å²) < 4.78 is 5.77. The molecule has 3 heteroatoms. The first kappa shape index (κ1) is 13.9. The summed E-state index contributed by atoms with van der Waals surface area (Å²) in [6, 6.07) is 0. The van der Waals surface area contributed by atoms with E-state index in [1.54, 1.807) is 0 Å². The summed E-state index contributed by atoms with van der Waals surface area (Å²) >= 11 is 0. The van der Waals surface area contributed by atoms with Crippen LogP contribution in [0, 0.1) is 17.8 Å². The Hall–Kier alpha value is -0.120. The van der Waals surface area contributed by atoms with Gasteiger partial charge in [0.05, 0.1) is 19.3 Å². The Morgan fingerprint density at radius 2 is 2.00 bits per heavy atom. The summed E-state index contributed by atoms with van der Waals surface area (Å²) in [6.45, 7) is 6.78. The number of hydrogen-bond donors (Lipinski definition) is 2. The first-order valence-electron chi connectivity index (χ1n) is 6.45. The highest BCUT2D eigenvalue weighted by molar-refractivity contribution is 4.81. The van der Waals surface area contributed by atoms with Gasteiger partial charge in [-0.2, -0.15) is 0 Å². The van der Waals surface area contributed by atoms with E-state index in [0.29, 0.717) is 17.8 Å². The van der Waals surface area contributed by atoms with Gasteiger partial charge in [-0.3, -0.25) is 0 Å². The highest BCUT2D eigenvalue weighted by Crippen LogP contribution is 2.35. The maximum atomic E-state index is 9.30. The van der Waals surface area contributed by atoms with Crippen LogP contribution in [0.25, 0.3) is 0 Å². The highest BCUT2D eigenvalue weighted by Gasteiger charge is 2.31. The molecule has 3 nitrogen and oxygen atoms in total. The highest BCUT2D eigenvalue weighted by atomic mass is 16.5. The third-order valence-corrected chi connectivity index (χ3v) is 3.67. The van der Waals surface area contributed by atoms with E-state index in [1.807, 2.05) is 0 Å². The lowest BCUT2D eigenvalue weighted by Crippen LogP contribution is -2.36. The van der Waals surface area contributed by atoms with Gasteiger partial charge in [0.1, 0.15) is 6.10 Å². The van der Waals surface area contributed by atoms with Crippen LogP contribution in [0.5, 0.6) is 0 Å². The summed E-state index contributed by atoms with van der Waals surface area (Å²) in [4.78, 5) is 0. The molecule has 1 saturated carbocycles. The molecule has 2 N–H and O–H groups in total. The van der Waals surface area contributed by atoms with Gasteiger partial charge in [0, 0.05) is 0 Å². The van der Waals surface area contributed by atoms with Gasteiger partial charge < -0.3 is 14.9 Å². The number of rotatable bonds is 5. The van der Waals surface area contributed by atoms with Crippen LogP contribution in [0.3, 0.4) is 0 Å². The quantitative estimate of drug-likeness (QED) is 0.757. The predicted octanol–water partition coefficient (Wildman–Crippen LogP) is 1.82. The first-order chi connectivity index (χ1) is 7.54. The van der Waals surface area contributed by atoms with Crippen molar-refractivity contribution in [3.05, 3.63) is 0 Å². The van der Waals surface area contributed by atoms with E-state index in [4.69, 9.17) is 9.84 Å². The molecular weight excluding hydrogens is 204 g/mol. The van der Waals surface area contributed by atoms with Crippen molar-refractivity contribution < 1.29 is 14.9 Å². The number of aliphatic hydroxyl groups excluding tert-OH is 2. The molecule has 0 heterocycles. The average molecular weight is 230 g/mol. The lowest BCUT2D eigenvalue weighted by Gasteiger charge is -2.37. The molecule has 96 valence electrons. The smallest absolute Gasteiger partial charge is 0.100 e. The summed E-state index contributed by atoms with van der Waals surface area (Å²) in [7, 11) is 0. The average Bonchev–Trinajstić information content (AvgIpc) is 2.25. The molecule has 16 heavy (non-hydrogen) atoms. The molecule has 0 bridgehead atoms. The van der Waals surface area contributed by atoms with Crippen molar-refractivity contribution in [3.8, 4) is 0 Å². The van der Waals surface area contributed by atoms with Gasteiger partial charge in [-0.1, -0.05) is 27.2 Å². The third kappa shape index (κ3) is 4.04. The molecule has 0 aliphatic heterocycles. The number of aliphatic hydroxyl groups is 2. The van der Waals surface area contributed by atoms with E-state index in [0.717, 1.165) is 6.42 Å². The van der Waals surface area contributed by atoms with Gasteiger partial charge in [-0.15, -0.1) is 0 Å². The fourth-order valence-corrected chi connectivity index (χ4v) is 2.59. The van der Waals surface area contributed by atoms with E-state index >= 15 is 0 Å². The predicted molar refractivity (Wildman–Crippen MR) is 64.2 cm³/mol. The molecule has 0 aromatic carbocycles. The topological polar surface area (TPSA) is 49.7 Å². The summed E-state index contributed by atoms with van der Waals surface area (Å²) in [5, 5.41) is 18.1. The molecule has 1 fully saturated rings. The standard InChI is InChI=1S/C13H26O3/c1-9(2)12-5-4-10(3)6-13(12)16-8-11(15)7-14/h9-15H,4-8H2,1-3H3/t10-,11-,12-,13-/m1/s1. The summed E-state index contributed by atoms with van der Waals surface area (Å²) in [5.41, 5.74) is 0. The molecule has 0 aromatic rings. The minimum atomic E-state index is -0.731. The fraction of sp³-hybridized carbons (Fsp3) is 1.00. The molecule has 0 spiro atoms. The van der Waals surface area contributed by atoms with E-state index in [2.05, 4.69) is 20.8 Å². The Balaban J connectivity index is 2.44. The van der Waals surface area contributed by atoms with Gasteiger partial charge in [0.2, 0.25) is 0 Å². The molecule has 0 unspecified atom stereocenters. The van der Waals surface area contributed by atoms with Crippen LogP contribution < -0.4 is 0 Å². The molecule has 0 radical (unpaired) electrons. The lowest BCUT2D eigenvalue weighted by atomic mass is 9.75. The van der Waals surface area contributed by atoms with Crippen molar-refractivity contribution in [2.75, 3.05) is 13.2 Å². The lowest BCUT2D eigenvalue weighted by molar-refractivity contribution is -0.0776. The Labute approximate surface area is 98.8 Å². The monoisotopic (exact) mass is 230 g/mol. The van der Waals surface area contributed by atoms with Crippen molar-refractivity contribution in [1.82, 2.24) is 0 Å². The second-order valence-corrected chi connectivity index (χ2v) is 5.53.